The molecule has 1 aliphatic carbocycles. The summed E-state index contributed by atoms with van der Waals surface area (Å²) in [7, 11) is 5.82. The quantitative estimate of drug-likeness (QED) is 0.646. The molecular formula is C11H10BBrO. The van der Waals surface area contributed by atoms with Crippen molar-refractivity contribution in [2.45, 2.75) is 19.2 Å². The SMILES string of the molecule is [B]C1C(=O)c2cc(Br)ccc2CC1C. The van der Waals surface area contributed by atoms with E-state index in [0.29, 0.717) is 0 Å². The normalized spacial score (nSPS) is 26.0. The molecule has 2 unspecified atom stereocenters. The molecule has 0 bridgehead atoms. The number of benzene rings is 1. The summed E-state index contributed by atoms with van der Waals surface area (Å²) in [4.78, 5) is 11.8. The van der Waals surface area contributed by atoms with Gasteiger partial charge in [-0.15, -0.1) is 0 Å². The van der Waals surface area contributed by atoms with Crippen molar-refractivity contribution in [3.63, 3.8) is 0 Å². The highest BCUT2D eigenvalue weighted by atomic mass is 79.9. The van der Waals surface area contributed by atoms with Crippen LogP contribution in [-0.2, 0) is 6.42 Å². The van der Waals surface area contributed by atoms with E-state index in [9.17, 15) is 4.79 Å². The Kier molecular flexibility index (Phi) is 2.52. The average Bonchev–Trinajstić information content (AvgIpc) is 2.16. The molecule has 1 aromatic rings. The van der Waals surface area contributed by atoms with Gasteiger partial charge in [-0.3, -0.25) is 4.79 Å². The molecule has 14 heavy (non-hydrogen) atoms. The largest absolute Gasteiger partial charge is 0.295 e. The summed E-state index contributed by atoms with van der Waals surface area (Å²) >= 11 is 3.36. The number of halogens is 1. The number of Topliss-reactive ketones (excluding diaryl/α,β-unsaturated/α-hetero) is 1. The monoisotopic (exact) mass is 248 g/mol. The Hall–Kier alpha value is -0.565. The summed E-state index contributed by atoms with van der Waals surface area (Å²) in [6.07, 6.45) is 0.898. The maximum absolute atomic E-state index is 11.8. The van der Waals surface area contributed by atoms with Gasteiger partial charge in [0.2, 0.25) is 0 Å². The number of carbonyl (C=O) groups is 1. The molecule has 1 aliphatic rings. The molecule has 0 aromatic heterocycles. The number of hydrogen-bond acceptors (Lipinski definition) is 1. The van der Waals surface area contributed by atoms with Crippen molar-refractivity contribution in [3.8, 4) is 0 Å². The second-order valence-corrected chi connectivity index (χ2v) is 4.79. The lowest BCUT2D eigenvalue weighted by Crippen LogP contribution is -2.25. The van der Waals surface area contributed by atoms with Crippen LogP contribution in [0.25, 0.3) is 0 Å². The Morgan fingerprint density at radius 1 is 1.50 bits per heavy atom. The fourth-order valence-electron chi connectivity index (χ4n) is 1.87. The predicted octanol–water partition coefficient (Wildman–Crippen LogP) is 2.78. The molecule has 2 atom stereocenters. The molecule has 1 aromatic carbocycles. The van der Waals surface area contributed by atoms with Crippen LogP contribution in [0.4, 0.5) is 0 Å². The molecule has 0 saturated carbocycles. The van der Waals surface area contributed by atoms with Crippen LogP contribution in [0.15, 0.2) is 22.7 Å². The highest BCUT2D eigenvalue weighted by molar-refractivity contribution is 9.10. The van der Waals surface area contributed by atoms with Crippen molar-refractivity contribution in [1.29, 1.82) is 0 Å². The zero-order chi connectivity index (χ0) is 10.3. The highest BCUT2D eigenvalue weighted by Gasteiger charge is 2.28. The van der Waals surface area contributed by atoms with Crippen LogP contribution in [-0.4, -0.2) is 13.6 Å². The summed E-state index contributed by atoms with van der Waals surface area (Å²) in [5.41, 5.74) is 1.90. The Bertz CT molecular complexity index is 389. The Balaban J connectivity index is 2.51. The number of carbonyl (C=O) groups excluding carboxylic acids is 1. The van der Waals surface area contributed by atoms with Gasteiger partial charge in [0.25, 0.3) is 0 Å². The van der Waals surface area contributed by atoms with Crippen molar-refractivity contribution in [2.75, 3.05) is 0 Å². The first-order valence-electron chi connectivity index (χ1n) is 4.68. The predicted molar refractivity (Wildman–Crippen MR) is 60.8 cm³/mol. The van der Waals surface area contributed by atoms with Gasteiger partial charge < -0.3 is 0 Å². The van der Waals surface area contributed by atoms with Crippen LogP contribution in [0.2, 0.25) is 5.82 Å². The topological polar surface area (TPSA) is 17.1 Å². The van der Waals surface area contributed by atoms with E-state index >= 15 is 0 Å². The lowest BCUT2D eigenvalue weighted by molar-refractivity contribution is 0.0954. The molecule has 70 valence electrons. The molecule has 0 fully saturated rings. The molecule has 0 spiro atoms. The van der Waals surface area contributed by atoms with Gasteiger partial charge >= 0.3 is 0 Å². The molecule has 0 aliphatic heterocycles. The summed E-state index contributed by atoms with van der Waals surface area (Å²) in [6, 6.07) is 5.83. The van der Waals surface area contributed by atoms with E-state index in [2.05, 4.69) is 15.9 Å². The molecule has 0 saturated heterocycles. The maximum atomic E-state index is 11.8. The van der Waals surface area contributed by atoms with Gasteiger partial charge in [0.1, 0.15) is 0 Å². The van der Waals surface area contributed by atoms with Crippen molar-refractivity contribution < 1.29 is 4.79 Å². The molecule has 3 heteroatoms. The van der Waals surface area contributed by atoms with Crippen molar-refractivity contribution in [3.05, 3.63) is 33.8 Å². The van der Waals surface area contributed by atoms with Crippen molar-refractivity contribution in [1.82, 2.24) is 0 Å². The van der Waals surface area contributed by atoms with Gasteiger partial charge in [-0.1, -0.05) is 28.9 Å². The fraction of sp³-hybridized carbons (Fsp3) is 0.364. The Labute approximate surface area is 93.4 Å². The molecule has 2 rings (SSSR count). The van der Waals surface area contributed by atoms with E-state index in [1.807, 2.05) is 25.1 Å². The van der Waals surface area contributed by atoms with Crippen LogP contribution in [0.3, 0.4) is 0 Å². The Morgan fingerprint density at radius 3 is 2.93 bits per heavy atom. The summed E-state index contributed by atoms with van der Waals surface area (Å²) in [6.45, 7) is 2.02. The van der Waals surface area contributed by atoms with Crippen LogP contribution in [0.5, 0.6) is 0 Å². The standard InChI is InChI=1S/C11H10BBrO/c1-6-4-7-2-3-8(13)5-9(7)11(14)10(6)12/h2-3,5-6,10H,4H2,1H3. The van der Waals surface area contributed by atoms with Gasteiger partial charge in [-0.2, -0.15) is 0 Å². The summed E-state index contributed by atoms with van der Waals surface area (Å²) in [5.74, 6) is -0.0203. The molecular weight excluding hydrogens is 239 g/mol. The number of hydrogen-bond donors (Lipinski definition) is 0. The first-order chi connectivity index (χ1) is 6.59. The molecule has 1 nitrogen and oxygen atoms in total. The number of ketones is 1. The minimum absolute atomic E-state index is 0.0695. The van der Waals surface area contributed by atoms with E-state index in [4.69, 9.17) is 7.85 Å². The maximum Gasteiger partial charge on any atom is 0.157 e. The van der Waals surface area contributed by atoms with E-state index < -0.39 is 0 Å². The Morgan fingerprint density at radius 2 is 2.21 bits per heavy atom. The van der Waals surface area contributed by atoms with Gasteiger partial charge in [-0.25, -0.2) is 0 Å². The van der Waals surface area contributed by atoms with E-state index in [1.54, 1.807) is 0 Å². The fourth-order valence-corrected chi connectivity index (χ4v) is 2.23. The summed E-state index contributed by atoms with van der Waals surface area (Å²) < 4.78 is 0.936. The lowest BCUT2D eigenvalue weighted by Gasteiger charge is -2.27. The lowest BCUT2D eigenvalue weighted by atomic mass is 9.66. The zero-order valence-electron chi connectivity index (χ0n) is 7.96. The van der Waals surface area contributed by atoms with E-state index in [-0.39, 0.29) is 17.5 Å². The van der Waals surface area contributed by atoms with Gasteiger partial charge in [0, 0.05) is 10.0 Å². The van der Waals surface area contributed by atoms with Crippen LogP contribution in [0.1, 0.15) is 22.8 Å². The van der Waals surface area contributed by atoms with Crippen molar-refractivity contribution >= 4 is 29.6 Å². The number of fused-ring (bicyclic) bond motifs is 1. The van der Waals surface area contributed by atoms with Gasteiger partial charge in [-0.05, 0) is 35.9 Å². The third-order valence-electron chi connectivity index (χ3n) is 2.80. The first-order valence-corrected chi connectivity index (χ1v) is 5.47. The average molecular weight is 249 g/mol. The molecule has 2 radical (unpaired) electrons. The zero-order valence-corrected chi connectivity index (χ0v) is 9.54. The van der Waals surface area contributed by atoms with Crippen LogP contribution < -0.4 is 0 Å². The molecule has 0 heterocycles. The molecule has 0 amide bonds. The highest BCUT2D eigenvalue weighted by Crippen LogP contribution is 2.33. The van der Waals surface area contributed by atoms with E-state index in [1.165, 1.54) is 0 Å². The number of rotatable bonds is 0. The molecule has 0 N–H and O–H groups in total. The second kappa shape index (κ2) is 3.54. The first kappa shape index (κ1) is 9.97. The minimum atomic E-state index is -0.336. The third kappa shape index (κ3) is 1.54. The second-order valence-electron chi connectivity index (χ2n) is 3.87. The van der Waals surface area contributed by atoms with Crippen LogP contribution >= 0.6 is 15.9 Å². The summed E-state index contributed by atoms with van der Waals surface area (Å²) in [5, 5.41) is 0. The minimum Gasteiger partial charge on any atom is -0.295 e. The smallest absolute Gasteiger partial charge is 0.157 e. The van der Waals surface area contributed by atoms with E-state index in [0.717, 1.165) is 22.0 Å². The van der Waals surface area contributed by atoms with Gasteiger partial charge in [0.05, 0.1) is 7.85 Å². The third-order valence-corrected chi connectivity index (χ3v) is 3.29. The van der Waals surface area contributed by atoms with Gasteiger partial charge in [0.15, 0.2) is 5.78 Å². The van der Waals surface area contributed by atoms with Crippen LogP contribution in [0, 0.1) is 5.92 Å². The van der Waals surface area contributed by atoms with Crippen molar-refractivity contribution in [2.24, 2.45) is 5.92 Å².